The number of ether oxygens (including phenoxy) is 2. The Labute approximate surface area is 144 Å². The average Bonchev–Trinajstić information content (AvgIpc) is 2.64. The summed E-state index contributed by atoms with van der Waals surface area (Å²) in [6.45, 7) is -0.0214. The summed E-state index contributed by atoms with van der Waals surface area (Å²) in [5.74, 6) is 0.0920. The maximum absolute atomic E-state index is 11.9. The Kier molecular flexibility index (Phi) is 4.95. The summed E-state index contributed by atoms with van der Waals surface area (Å²) in [4.78, 5) is 23.6. The Morgan fingerprint density at radius 2 is 1.92 bits per heavy atom. The van der Waals surface area contributed by atoms with Crippen LogP contribution >= 0.6 is 0 Å². The normalized spacial score (nSPS) is 10.9. The van der Waals surface area contributed by atoms with Crippen LogP contribution in [-0.4, -0.2) is 13.1 Å². The molecule has 2 aromatic carbocycles. The van der Waals surface area contributed by atoms with Crippen molar-refractivity contribution in [3.63, 3.8) is 0 Å². The van der Waals surface area contributed by atoms with Gasteiger partial charge in [0.05, 0.1) is 7.11 Å². The van der Waals surface area contributed by atoms with Gasteiger partial charge in [0.1, 0.15) is 17.9 Å². The molecule has 0 saturated carbocycles. The molecule has 0 atom stereocenters. The van der Waals surface area contributed by atoms with E-state index < -0.39 is 11.6 Å². The van der Waals surface area contributed by atoms with Gasteiger partial charge in [-0.15, -0.1) is 0 Å². The van der Waals surface area contributed by atoms with Crippen molar-refractivity contribution in [3.05, 3.63) is 82.2 Å². The van der Waals surface area contributed by atoms with Crippen LogP contribution in [0.4, 0.5) is 0 Å². The number of benzene rings is 2. The van der Waals surface area contributed by atoms with Crippen molar-refractivity contribution in [2.75, 3.05) is 7.11 Å². The van der Waals surface area contributed by atoms with E-state index in [1.807, 2.05) is 30.3 Å². The van der Waals surface area contributed by atoms with Crippen molar-refractivity contribution in [2.45, 2.75) is 6.61 Å². The molecular formula is C20H16O5. The zero-order valence-corrected chi connectivity index (χ0v) is 13.6. The SMILES string of the molecule is COc1ccc2c(COC(=O)/C=C/c3ccccc3)cc(=O)oc2c1. The minimum atomic E-state index is -0.508. The molecule has 3 aromatic rings. The fraction of sp³-hybridized carbons (Fsp3) is 0.100. The molecule has 0 bridgehead atoms. The van der Waals surface area contributed by atoms with E-state index in [0.717, 1.165) is 5.56 Å². The molecule has 1 heterocycles. The van der Waals surface area contributed by atoms with E-state index in [0.29, 0.717) is 22.3 Å². The van der Waals surface area contributed by atoms with Gasteiger partial charge in [0.15, 0.2) is 0 Å². The average molecular weight is 336 g/mol. The van der Waals surface area contributed by atoms with Gasteiger partial charge < -0.3 is 13.9 Å². The molecule has 0 unspecified atom stereocenters. The summed E-state index contributed by atoms with van der Waals surface area (Å²) in [5, 5.41) is 0.695. The van der Waals surface area contributed by atoms with Gasteiger partial charge in [-0.1, -0.05) is 30.3 Å². The van der Waals surface area contributed by atoms with Crippen molar-refractivity contribution in [2.24, 2.45) is 0 Å². The standard InChI is InChI=1S/C20H16O5/c1-23-16-8-9-17-15(11-20(22)25-18(17)12-16)13-24-19(21)10-7-14-5-3-2-4-6-14/h2-12H,13H2,1H3/b10-7+. The molecule has 25 heavy (non-hydrogen) atoms. The predicted molar refractivity (Wildman–Crippen MR) is 94.3 cm³/mol. The minimum Gasteiger partial charge on any atom is -0.497 e. The maximum atomic E-state index is 11.9. The Hall–Kier alpha value is -3.34. The lowest BCUT2D eigenvalue weighted by Crippen LogP contribution is -2.05. The van der Waals surface area contributed by atoms with Crippen LogP contribution in [0.25, 0.3) is 17.0 Å². The van der Waals surface area contributed by atoms with Crippen LogP contribution in [0.2, 0.25) is 0 Å². The van der Waals surface area contributed by atoms with Crippen LogP contribution in [0.5, 0.6) is 5.75 Å². The first-order chi connectivity index (χ1) is 12.2. The van der Waals surface area contributed by atoms with Gasteiger partial charge in [-0.3, -0.25) is 0 Å². The highest BCUT2D eigenvalue weighted by Gasteiger charge is 2.09. The van der Waals surface area contributed by atoms with Gasteiger partial charge >= 0.3 is 11.6 Å². The van der Waals surface area contributed by atoms with Gasteiger partial charge in [-0.05, 0) is 23.8 Å². The van der Waals surface area contributed by atoms with E-state index in [4.69, 9.17) is 13.9 Å². The van der Waals surface area contributed by atoms with Crippen molar-refractivity contribution in [1.29, 1.82) is 0 Å². The van der Waals surface area contributed by atoms with Crippen LogP contribution < -0.4 is 10.4 Å². The number of hydrogen-bond donors (Lipinski definition) is 0. The van der Waals surface area contributed by atoms with Crippen LogP contribution in [0.3, 0.4) is 0 Å². The van der Waals surface area contributed by atoms with Crippen LogP contribution in [0, 0.1) is 0 Å². The Balaban J connectivity index is 1.75. The number of hydrogen-bond acceptors (Lipinski definition) is 5. The smallest absolute Gasteiger partial charge is 0.336 e. The molecule has 0 radical (unpaired) electrons. The number of carbonyl (C=O) groups is 1. The quantitative estimate of drug-likeness (QED) is 0.405. The highest BCUT2D eigenvalue weighted by molar-refractivity contribution is 5.87. The monoisotopic (exact) mass is 336 g/mol. The molecule has 3 rings (SSSR count). The van der Waals surface area contributed by atoms with Crippen LogP contribution in [0.15, 0.2) is 69.9 Å². The molecule has 1 aromatic heterocycles. The number of fused-ring (bicyclic) bond motifs is 1. The lowest BCUT2D eigenvalue weighted by molar-refractivity contribution is -0.138. The van der Waals surface area contributed by atoms with Crippen molar-refractivity contribution < 1.29 is 18.7 Å². The number of carbonyl (C=O) groups excluding carboxylic acids is 1. The highest BCUT2D eigenvalue weighted by atomic mass is 16.5. The lowest BCUT2D eigenvalue weighted by Gasteiger charge is -2.07. The van der Waals surface area contributed by atoms with Gasteiger partial charge in [0.2, 0.25) is 0 Å². The second-order valence-electron chi connectivity index (χ2n) is 5.30. The van der Waals surface area contributed by atoms with E-state index in [9.17, 15) is 9.59 Å². The molecule has 5 nitrogen and oxygen atoms in total. The number of rotatable bonds is 5. The molecule has 0 aliphatic rings. The van der Waals surface area contributed by atoms with Crippen molar-refractivity contribution in [1.82, 2.24) is 0 Å². The van der Waals surface area contributed by atoms with E-state index in [-0.39, 0.29) is 6.61 Å². The summed E-state index contributed by atoms with van der Waals surface area (Å²) < 4.78 is 15.5. The Morgan fingerprint density at radius 1 is 1.12 bits per heavy atom. The summed E-state index contributed by atoms with van der Waals surface area (Å²) >= 11 is 0. The fourth-order valence-electron chi connectivity index (χ4n) is 2.38. The van der Waals surface area contributed by atoms with Crippen molar-refractivity contribution >= 4 is 23.0 Å². The molecule has 0 N–H and O–H groups in total. The zero-order valence-electron chi connectivity index (χ0n) is 13.6. The first-order valence-electron chi connectivity index (χ1n) is 7.66. The van der Waals surface area contributed by atoms with Crippen molar-refractivity contribution in [3.8, 4) is 5.75 Å². The van der Waals surface area contributed by atoms with Gasteiger partial charge in [0, 0.05) is 29.2 Å². The molecule has 0 saturated heterocycles. The number of esters is 1. The summed E-state index contributed by atoms with van der Waals surface area (Å²) in [7, 11) is 1.53. The molecule has 0 spiro atoms. The zero-order chi connectivity index (χ0) is 17.6. The molecule has 0 fully saturated rings. The van der Waals surface area contributed by atoms with Crippen LogP contribution in [0.1, 0.15) is 11.1 Å². The maximum Gasteiger partial charge on any atom is 0.336 e. The van der Waals surface area contributed by atoms with Gasteiger partial charge in [0.25, 0.3) is 0 Å². The second-order valence-corrected chi connectivity index (χ2v) is 5.30. The molecule has 126 valence electrons. The highest BCUT2D eigenvalue weighted by Crippen LogP contribution is 2.23. The first-order valence-corrected chi connectivity index (χ1v) is 7.66. The second kappa shape index (κ2) is 7.49. The van der Waals surface area contributed by atoms with Gasteiger partial charge in [-0.2, -0.15) is 0 Å². The summed E-state index contributed by atoms with van der Waals surface area (Å²) in [6, 6.07) is 15.9. The number of methoxy groups -OCH3 is 1. The third-order valence-electron chi connectivity index (χ3n) is 3.62. The molecule has 0 amide bonds. The Morgan fingerprint density at radius 3 is 2.68 bits per heavy atom. The largest absolute Gasteiger partial charge is 0.497 e. The molecular weight excluding hydrogens is 320 g/mol. The molecule has 5 heteroatoms. The molecule has 0 aliphatic heterocycles. The Bertz CT molecular complexity index is 970. The lowest BCUT2D eigenvalue weighted by atomic mass is 10.1. The minimum absolute atomic E-state index is 0.0214. The van der Waals surface area contributed by atoms with E-state index >= 15 is 0 Å². The van der Waals surface area contributed by atoms with Crippen LogP contribution in [-0.2, 0) is 16.1 Å². The van der Waals surface area contributed by atoms with Gasteiger partial charge in [-0.25, -0.2) is 9.59 Å². The fourth-order valence-corrected chi connectivity index (χ4v) is 2.38. The third kappa shape index (κ3) is 4.14. The van der Waals surface area contributed by atoms with E-state index in [1.165, 1.54) is 19.3 Å². The molecule has 0 aliphatic carbocycles. The van der Waals surface area contributed by atoms with E-state index in [2.05, 4.69) is 0 Å². The first kappa shape index (κ1) is 16.5. The van der Waals surface area contributed by atoms with E-state index in [1.54, 1.807) is 24.3 Å². The summed E-state index contributed by atoms with van der Waals surface area (Å²) in [5.41, 5.74) is 1.36. The topological polar surface area (TPSA) is 65.7 Å². The summed E-state index contributed by atoms with van der Waals surface area (Å²) in [6.07, 6.45) is 3.02. The third-order valence-corrected chi connectivity index (χ3v) is 3.62. The predicted octanol–water partition coefficient (Wildman–Crippen LogP) is 3.56.